The first kappa shape index (κ1) is 18.3. The monoisotopic (exact) mass is 344 g/mol. The van der Waals surface area contributed by atoms with Gasteiger partial charge in [0.15, 0.2) is 9.84 Å². The van der Waals surface area contributed by atoms with E-state index in [4.69, 9.17) is 4.74 Å². The molecule has 0 spiro atoms. The van der Waals surface area contributed by atoms with Crippen LogP contribution in [0.25, 0.3) is 0 Å². The number of aromatic nitrogens is 1. The van der Waals surface area contributed by atoms with Crippen LogP contribution in [0.2, 0.25) is 0 Å². The topological polar surface area (TPSA) is 68.3 Å². The molecule has 0 radical (unpaired) electrons. The summed E-state index contributed by atoms with van der Waals surface area (Å²) in [5.74, 6) is -0.183. The van der Waals surface area contributed by atoms with Gasteiger partial charge in [0, 0.05) is 26.0 Å². The molecule has 1 aromatic rings. The summed E-state index contributed by atoms with van der Waals surface area (Å²) in [6.45, 7) is 5.31. The van der Waals surface area contributed by atoms with Crippen LogP contribution in [0.5, 0.6) is 0 Å². The van der Waals surface area contributed by atoms with Crippen molar-refractivity contribution >= 4 is 9.84 Å². The zero-order valence-electron chi connectivity index (χ0n) is 13.9. The molecule has 130 valence electrons. The maximum atomic E-state index is 13.1. The number of halogens is 1. The quantitative estimate of drug-likeness (QED) is 0.856. The van der Waals surface area contributed by atoms with Crippen LogP contribution in [-0.4, -0.2) is 44.2 Å². The molecule has 2 heterocycles. The lowest BCUT2D eigenvalue weighted by molar-refractivity contribution is 0.0732. The molecule has 0 aliphatic carbocycles. The first-order chi connectivity index (χ1) is 10.8. The number of rotatable bonds is 6. The van der Waals surface area contributed by atoms with Gasteiger partial charge in [-0.25, -0.2) is 12.8 Å². The van der Waals surface area contributed by atoms with Crippen molar-refractivity contribution in [2.45, 2.75) is 37.5 Å². The number of nitrogens with one attached hydrogen (secondary N) is 1. The molecule has 1 atom stereocenters. The van der Waals surface area contributed by atoms with E-state index in [1.54, 1.807) is 6.07 Å². The summed E-state index contributed by atoms with van der Waals surface area (Å²) in [5.41, 5.74) is 0.720. The van der Waals surface area contributed by atoms with Crippen molar-refractivity contribution in [3.63, 3.8) is 0 Å². The summed E-state index contributed by atoms with van der Waals surface area (Å²) in [5, 5.41) is 3.35. The van der Waals surface area contributed by atoms with Crippen LogP contribution < -0.4 is 5.32 Å². The van der Waals surface area contributed by atoms with Gasteiger partial charge in [-0.2, -0.15) is 0 Å². The van der Waals surface area contributed by atoms with Crippen molar-refractivity contribution in [1.29, 1.82) is 0 Å². The number of ether oxygens (including phenoxy) is 1. The smallest absolute Gasteiger partial charge is 0.154 e. The molecule has 1 saturated heterocycles. The molecule has 0 aromatic carbocycles. The first-order valence-electron chi connectivity index (χ1n) is 7.87. The van der Waals surface area contributed by atoms with Crippen molar-refractivity contribution < 1.29 is 17.5 Å². The van der Waals surface area contributed by atoms with Gasteiger partial charge in [0.05, 0.1) is 22.7 Å². The molecule has 23 heavy (non-hydrogen) atoms. The van der Waals surface area contributed by atoms with Crippen LogP contribution in [0.3, 0.4) is 0 Å². The minimum Gasteiger partial charge on any atom is -0.381 e. The van der Waals surface area contributed by atoms with Gasteiger partial charge in [0.25, 0.3) is 0 Å². The summed E-state index contributed by atoms with van der Waals surface area (Å²) >= 11 is 0. The maximum Gasteiger partial charge on any atom is 0.154 e. The molecule has 5 nitrogen and oxygen atoms in total. The second kappa shape index (κ2) is 7.23. The highest BCUT2D eigenvalue weighted by atomic mass is 32.2. The molecular formula is C16H25FN2O3S. The fraction of sp³-hybridized carbons (Fsp3) is 0.688. The molecule has 1 aliphatic rings. The average molecular weight is 344 g/mol. The van der Waals surface area contributed by atoms with E-state index in [0.29, 0.717) is 32.6 Å². The third-order valence-corrected chi connectivity index (χ3v) is 6.70. The van der Waals surface area contributed by atoms with Gasteiger partial charge in [0.1, 0.15) is 5.82 Å². The van der Waals surface area contributed by atoms with Crippen LogP contribution in [0.1, 0.15) is 38.4 Å². The fourth-order valence-corrected chi connectivity index (χ4v) is 4.22. The molecule has 1 fully saturated rings. The van der Waals surface area contributed by atoms with E-state index in [2.05, 4.69) is 10.3 Å². The van der Waals surface area contributed by atoms with E-state index in [1.165, 1.54) is 18.5 Å². The van der Waals surface area contributed by atoms with E-state index < -0.39 is 14.6 Å². The van der Waals surface area contributed by atoms with Crippen molar-refractivity contribution in [2.24, 2.45) is 5.92 Å². The Kier molecular flexibility index (Phi) is 5.75. The predicted molar refractivity (Wildman–Crippen MR) is 87.4 cm³/mol. The van der Waals surface area contributed by atoms with E-state index in [-0.39, 0.29) is 17.8 Å². The Morgan fingerprint density at radius 3 is 2.48 bits per heavy atom. The summed E-state index contributed by atoms with van der Waals surface area (Å²) in [6, 6.07) is 2.89. The normalized spacial score (nSPS) is 19.7. The fourth-order valence-electron chi connectivity index (χ4n) is 2.97. The van der Waals surface area contributed by atoms with Crippen LogP contribution in [0.15, 0.2) is 18.3 Å². The van der Waals surface area contributed by atoms with Gasteiger partial charge in [-0.1, -0.05) is 13.8 Å². The minimum atomic E-state index is -3.22. The third-order valence-electron chi connectivity index (χ3n) is 4.57. The number of nitrogens with zero attached hydrogens (tertiary/aromatic N) is 1. The molecule has 0 unspecified atom stereocenters. The summed E-state index contributed by atoms with van der Waals surface area (Å²) in [6.07, 6.45) is 3.45. The number of hydrogen-bond donors (Lipinski definition) is 1. The number of hydrogen-bond acceptors (Lipinski definition) is 5. The predicted octanol–water partition coefficient (Wildman–Crippen LogP) is 2.10. The third kappa shape index (κ3) is 4.28. The highest BCUT2D eigenvalue weighted by Gasteiger charge is 2.42. The maximum absolute atomic E-state index is 13.1. The second-order valence-electron chi connectivity index (χ2n) is 6.57. The van der Waals surface area contributed by atoms with Gasteiger partial charge < -0.3 is 10.1 Å². The first-order valence-corrected chi connectivity index (χ1v) is 9.76. The number of pyridine rings is 1. The zero-order chi connectivity index (χ0) is 17.1. The summed E-state index contributed by atoms with van der Waals surface area (Å²) in [7, 11) is -3.22. The van der Waals surface area contributed by atoms with Crippen molar-refractivity contribution in [1.82, 2.24) is 10.3 Å². The molecule has 1 aromatic heterocycles. The Morgan fingerprint density at radius 1 is 1.35 bits per heavy atom. The summed E-state index contributed by atoms with van der Waals surface area (Å²) in [4.78, 5) is 4.14. The Labute approximate surface area is 137 Å². The molecule has 0 amide bonds. The van der Waals surface area contributed by atoms with Crippen LogP contribution in [0, 0.1) is 11.7 Å². The highest BCUT2D eigenvalue weighted by Crippen LogP contribution is 2.30. The van der Waals surface area contributed by atoms with Crippen molar-refractivity contribution in [3.8, 4) is 0 Å². The van der Waals surface area contributed by atoms with E-state index in [0.717, 1.165) is 5.69 Å². The molecule has 0 saturated carbocycles. The van der Waals surface area contributed by atoms with Gasteiger partial charge in [-0.3, -0.25) is 4.98 Å². The Morgan fingerprint density at radius 2 is 2.00 bits per heavy atom. The standard InChI is InChI=1S/C16H25FN2O3S/c1-12(2)15(14-5-4-13(17)10-18-14)19-11-16(23(3,20)21)6-8-22-9-7-16/h4-5,10,12,15,19H,6-9,11H2,1-3H3/t15-/m0/s1. The zero-order valence-corrected chi connectivity index (χ0v) is 14.7. The lowest BCUT2D eigenvalue weighted by Gasteiger charge is -2.37. The lowest BCUT2D eigenvalue weighted by atomic mass is 9.95. The van der Waals surface area contributed by atoms with Gasteiger partial charge in [-0.15, -0.1) is 0 Å². The van der Waals surface area contributed by atoms with Gasteiger partial charge >= 0.3 is 0 Å². The van der Waals surface area contributed by atoms with E-state index in [1.807, 2.05) is 13.8 Å². The summed E-state index contributed by atoms with van der Waals surface area (Å²) < 4.78 is 42.2. The van der Waals surface area contributed by atoms with Crippen molar-refractivity contribution in [2.75, 3.05) is 26.0 Å². The molecule has 7 heteroatoms. The van der Waals surface area contributed by atoms with Crippen molar-refractivity contribution in [3.05, 3.63) is 29.8 Å². The number of sulfone groups is 1. The van der Waals surface area contributed by atoms with Gasteiger partial charge in [-0.05, 0) is 30.9 Å². The van der Waals surface area contributed by atoms with Crippen LogP contribution in [-0.2, 0) is 14.6 Å². The lowest BCUT2D eigenvalue weighted by Crippen LogP contribution is -2.51. The largest absolute Gasteiger partial charge is 0.381 e. The van der Waals surface area contributed by atoms with E-state index in [9.17, 15) is 12.8 Å². The Bertz CT molecular complexity index is 611. The minimum absolute atomic E-state index is 0.128. The van der Waals surface area contributed by atoms with Gasteiger partial charge in [0.2, 0.25) is 0 Å². The molecule has 1 aliphatic heterocycles. The molecular weight excluding hydrogens is 319 g/mol. The second-order valence-corrected chi connectivity index (χ2v) is 8.98. The Balaban J connectivity index is 2.18. The SMILES string of the molecule is CC(C)[C@H](NCC1(S(C)(=O)=O)CCOCC1)c1ccc(F)cn1. The molecule has 2 rings (SSSR count). The van der Waals surface area contributed by atoms with E-state index >= 15 is 0 Å². The molecule has 0 bridgehead atoms. The Hall–Kier alpha value is -1.05. The van der Waals surface area contributed by atoms with Crippen LogP contribution in [0.4, 0.5) is 4.39 Å². The average Bonchev–Trinajstić information content (AvgIpc) is 2.49. The molecule has 1 N–H and O–H groups in total. The van der Waals surface area contributed by atoms with Crippen LogP contribution >= 0.6 is 0 Å². The highest BCUT2D eigenvalue weighted by molar-refractivity contribution is 7.92.